The molecule has 0 aromatic heterocycles. The van der Waals surface area contributed by atoms with E-state index in [4.69, 9.17) is 0 Å². The van der Waals surface area contributed by atoms with Crippen molar-refractivity contribution in [2.75, 3.05) is 0 Å². The number of hydrogen-bond acceptors (Lipinski definition) is 1. The van der Waals surface area contributed by atoms with E-state index in [1.165, 1.54) is 5.56 Å². The molecule has 0 fully saturated rings. The first-order chi connectivity index (χ1) is 11.8. The summed E-state index contributed by atoms with van der Waals surface area (Å²) in [6.07, 6.45) is 3.24. The summed E-state index contributed by atoms with van der Waals surface area (Å²) >= 11 is 0. The lowest BCUT2D eigenvalue weighted by Gasteiger charge is -2.32. The van der Waals surface area contributed by atoms with Gasteiger partial charge in [-0.05, 0) is 35.1 Å². The molecule has 0 aliphatic rings. The Morgan fingerprint density at radius 3 is 1.75 bits per heavy atom. The van der Waals surface area contributed by atoms with Crippen LogP contribution in [0.15, 0.2) is 84.9 Å². The van der Waals surface area contributed by atoms with E-state index in [0.717, 1.165) is 36.0 Å². The monoisotopic (exact) mass is 316 g/mol. The van der Waals surface area contributed by atoms with Gasteiger partial charge in [0.05, 0.1) is 0 Å². The van der Waals surface area contributed by atoms with Crippen LogP contribution in [-0.2, 0) is 12.0 Å². The van der Waals surface area contributed by atoms with Crippen molar-refractivity contribution >= 4 is 0 Å². The van der Waals surface area contributed by atoms with Gasteiger partial charge in [0.25, 0.3) is 0 Å². The van der Waals surface area contributed by atoms with Gasteiger partial charge in [0.15, 0.2) is 0 Å². The summed E-state index contributed by atoms with van der Waals surface area (Å²) in [5, 5.41) is 11.9. The van der Waals surface area contributed by atoms with Crippen molar-refractivity contribution in [2.45, 2.75) is 31.8 Å². The standard InChI is InChI=1S/C23H24O/c1-2-3-12-19-13-10-11-18-22(19)23(24,20-14-6-4-7-15-20)21-16-8-5-9-17-21/h4-11,13-18,24H,2-3,12H2,1H3. The molecule has 0 atom stereocenters. The second-order valence-corrected chi connectivity index (χ2v) is 6.20. The van der Waals surface area contributed by atoms with E-state index in [1.807, 2.05) is 66.7 Å². The third kappa shape index (κ3) is 3.13. The molecule has 0 saturated carbocycles. The van der Waals surface area contributed by atoms with Crippen molar-refractivity contribution in [1.82, 2.24) is 0 Å². The van der Waals surface area contributed by atoms with Gasteiger partial charge in [0, 0.05) is 0 Å². The van der Waals surface area contributed by atoms with E-state index in [0.29, 0.717) is 0 Å². The lowest BCUT2D eigenvalue weighted by molar-refractivity contribution is 0.124. The van der Waals surface area contributed by atoms with Gasteiger partial charge < -0.3 is 5.11 Å². The van der Waals surface area contributed by atoms with Crippen LogP contribution >= 0.6 is 0 Å². The maximum Gasteiger partial charge on any atom is 0.140 e. The molecule has 1 nitrogen and oxygen atoms in total. The van der Waals surface area contributed by atoms with Crippen molar-refractivity contribution in [3.8, 4) is 0 Å². The Labute approximate surface area is 144 Å². The largest absolute Gasteiger partial charge is 0.376 e. The zero-order valence-electron chi connectivity index (χ0n) is 14.2. The van der Waals surface area contributed by atoms with Crippen LogP contribution in [-0.4, -0.2) is 5.11 Å². The minimum atomic E-state index is -1.13. The fourth-order valence-electron chi connectivity index (χ4n) is 3.29. The highest BCUT2D eigenvalue weighted by Gasteiger charge is 2.35. The average molecular weight is 316 g/mol. The van der Waals surface area contributed by atoms with Gasteiger partial charge in [-0.15, -0.1) is 0 Å². The lowest BCUT2D eigenvalue weighted by atomic mass is 9.78. The van der Waals surface area contributed by atoms with Gasteiger partial charge in [-0.1, -0.05) is 98.3 Å². The third-order valence-corrected chi connectivity index (χ3v) is 4.59. The fourth-order valence-corrected chi connectivity index (χ4v) is 3.29. The molecule has 0 aliphatic heterocycles. The highest BCUT2D eigenvalue weighted by atomic mass is 16.3. The number of unbranched alkanes of at least 4 members (excludes halogenated alkanes) is 1. The zero-order chi connectivity index (χ0) is 16.8. The maximum atomic E-state index is 11.9. The average Bonchev–Trinajstić information content (AvgIpc) is 2.67. The van der Waals surface area contributed by atoms with Crippen molar-refractivity contribution in [1.29, 1.82) is 0 Å². The zero-order valence-corrected chi connectivity index (χ0v) is 14.2. The summed E-state index contributed by atoms with van der Waals surface area (Å²) in [6, 6.07) is 28.2. The number of rotatable bonds is 6. The smallest absolute Gasteiger partial charge is 0.140 e. The summed E-state index contributed by atoms with van der Waals surface area (Å²) in [7, 11) is 0. The van der Waals surface area contributed by atoms with Crippen LogP contribution in [0.4, 0.5) is 0 Å². The van der Waals surface area contributed by atoms with Crippen LogP contribution in [0.3, 0.4) is 0 Å². The van der Waals surface area contributed by atoms with Crippen molar-refractivity contribution in [3.63, 3.8) is 0 Å². The van der Waals surface area contributed by atoms with Crippen LogP contribution in [0.25, 0.3) is 0 Å². The molecule has 0 amide bonds. The molecular formula is C23H24O. The highest BCUT2D eigenvalue weighted by molar-refractivity contribution is 5.49. The minimum Gasteiger partial charge on any atom is -0.376 e. The molecule has 1 heteroatoms. The van der Waals surface area contributed by atoms with Crippen molar-refractivity contribution < 1.29 is 5.11 Å². The fraction of sp³-hybridized carbons (Fsp3) is 0.217. The first-order valence-electron chi connectivity index (χ1n) is 8.68. The molecule has 0 bridgehead atoms. The summed E-state index contributed by atoms with van der Waals surface area (Å²) in [5.74, 6) is 0. The van der Waals surface area contributed by atoms with E-state index in [2.05, 4.69) is 25.1 Å². The first-order valence-corrected chi connectivity index (χ1v) is 8.68. The van der Waals surface area contributed by atoms with Crippen LogP contribution in [0.5, 0.6) is 0 Å². The Morgan fingerprint density at radius 2 is 1.21 bits per heavy atom. The van der Waals surface area contributed by atoms with Crippen LogP contribution in [0.1, 0.15) is 42.0 Å². The van der Waals surface area contributed by atoms with Crippen LogP contribution in [0, 0.1) is 0 Å². The quantitative estimate of drug-likeness (QED) is 0.611. The summed E-state index contributed by atoms with van der Waals surface area (Å²) in [6.45, 7) is 2.20. The highest BCUT2D eigenvalue weighted by Crippen LogP contribution is 2.38. The Morgan fingerprint density at radius 1 is 0.708 bits per heavy atom. The molecule has 3 rings (SSSR count). The molecule has 0 aliphatic carbocycles. The number of aliphatic hydroxyl groups is 1. The van der Waals surface area contributed by atoms with Gasteiger partial charge in [0.2, 0.25) is 0 Å². The van der Waals surface area contributed by atoms with Gasteiger partial charge in [-0.25, -0.2) is 0 Å². The number of benzene rings is 3. The van der Waals surface area contributed by atoms with Crippen molar-refractivity contribution in [2.24, 2.45) is 0 Å². The second kappa shape index (κ2) is 7.46. The minimum absolute atomic E-state index is 0.903. The van der Waals surface area contributed by atoms with Crippen LogP contribution < -0.4 is 0 Å². The summed E-state index contributed by atoms with van der Waals surface area (Å²) in [4.78, 5) is 0. The van der Waals surface area contributed by atoms with E-state index >= 15 is 0 Å². The van der Waals surface area contributed by atoms with E-state index in [9.17, 15) is 5.11 Å². The summed E-state index contributed by atoms with van der Waals surface area (Å²) < 4.78 is 0. The van der Waals surface area contributed by atoms with Gasteiger partial charge >= 0.3 is 0 Å². The molecule has 24 heavy (non-hydrogen) atoms. The molecule has 1 N–H and O–H groups in total. The first kappa shape index (κ1) is 16.5. The molecule has 0 radical (unpaired) electrons. The van der Waals surface area contributed by atoms with Gasteiger partial charge in [0.1, 0.15) is 5.60 Å². The van der Waals surface area contributed by atoms with E-state index in [1.54, 1.807) is 0 Å². The predicted molar refractivity (Wildman–Crippen MR) is 100 cm³/mol. The Kier molecular flexibility index (Phi) is 5.12. The van der Waals surface area contributed by atoms with E-state index in [-0.39, 0.29) is 0 Å². The van der Waals surface area contributed by atoms with Crippen molar-refractivity contribution in [3.05, 3.63) is 107 Å². The molecule has 0 unspecified atom stereocenters. The van der Waals surface area contributed by atoms with Gasteiger partial charge in [-0.3, -0.25) is 0 Å². The Bertz CT molecular complexity index is 723. The SMILES string of the molecule is CCCCc1ccccc1C(O)(c1ccccc1)c1ccccc1. The third-order valence-electron chi connectivity index (χ3n) is 4.59. The Hall–Kier alpha value is -2.38. The van der Waals surface area contributed by atoms with Crippen LogP contribution in [0.2, 0.25) is 0 Å². The molecule has 0 heterocycles. The molecule has 0 saturated heterocycles. The maximum absolute atomic E-state index is 11.9. The lowest BCUT2D eigenvalue weighted by Crippen LogP contribution is -2.30. The summed E-state index contributed by atoms with van der Waals surface area (Å²) in [5.41, 5.74) is 2.87. The molecule has 3 aromatic carbocycles. The predicted octanol–water partition coefficient (Wildman–Crippen LogP) is 5.31. The molecule has 3 aromatic rings. The molecule has 122 valence electrons. The Balaban J connectivity index is 2.20. The number of aryl methyl sites for hydroxylation is 1. The normalized spacial score (nSPS) is 11.4. The molecule has 0 spiro atoms. The van der Waals surface area contributed by atoms with E-state index < -0.39 is 5.60 Å². The topological polar surface area (TPSA) is 20.2 Å². The second-order valence-electron chi connectivity index (χ2n) is 6.20. The number of hydrogen-bond donors (Lipinski definition) is 1. The molecular weight excluding hydrogens is 292 g/mol. The van der Waals surface area contributed by atoms with Gasteiger partial charge in [-0.2, -0.15) is 0 Å².